The topological polar surface area (TPSA) is 38.5 Å². The molecular formula is C22H19BrN3OS-. The van der Waals surface area contributed by atoms with Gasteiger partial charge in [-0.25, -0.2) is 9.67 Å². The highest BCUT2D eigenvalue weighted by atomic mass is 79.9. The van der Waals surface area contributed by atoms with Crippen molar-refractivity contribution in [3.63, 3.8) is 0 Å². The van der Waals surface area contributed by atoms with E-state index >= 15 is 0 Å². The Hall–Kier alpha value is -2.83. The van der Waals surface area contributed by atoms with Crippen molar-refractivity contribution < 1.29 is 21.7 Å². The van der Waals surface area contributed by atoms with Crippen molar-refractivity contribution in [1.29, 1.82) is 0 Å². The fourth-order valence-electron chi connectivity index (χ4n) is 2.72. The maximum absolute atomic E-state index is 5.28. The van der Waals surface area contributed by atoms with Gasteiger partial charge in [0.2, 0.25) is 4.80 Å². The summed E-state index contributed by atoms with van der Waals surface area (Å²) in [6, 6.07) is 28.1. The second kappa shape index (κ2) is 9.39. The predicted molar refractivity (Wildman–Crippen MR) is 111 cm³/mol. The van der Waals surface area contributed by atoms with E-state index in [0.29, 0.717) is 0 Å². The predicted octanol–water partition coefficient (Wildman–Crippen LogP) is 2.34. The first-order valence-corrected chi connectivity index (χ1v) is 9.48. The fraction of sp³-hybridized carbons (Fsp3) is 0.0455. The summed E-state index contributed by atoms with van der Waals surface area (Å²) in [5.74, 6) is 0.839. The summed E-state index contributed by atoms with van der Waals surface area (Å²) in [5.41, 5.74) is 7.52. The van der Waals surface area contributed by atoms with Crippen molar-refractivity contribution >= 4 is 22.7 Å². The first-order chi connectivity index (χ1) is 13.3. The molecule has 0 atom stereocenters. The third-order valence-electron chi connectivity index (χ3n) is 4.09. The van der Waals surface area contributed by atoms with Gasteiger partial charge in [-0.2, -0.15) is 0 Å². The normalized spacial score (nSPS) is 11.0. The van der Waals surface area contributed by atoms with Gasteiger partial charge in [-0.3, -0.25) is 5.43 Å². The Bertz CT molecular complexity index is 1070. The van der Waals surface area contributed by atoms with Crippen LogP contribution in [0, 0.1) is 0 Å². The summed E-state index contributed by atoms with van der Waals surface area (Å²) in [4.78, 5) is 5.68. The number of thiazole rings is 1. The van der Waals surface area contributed by atoms with Crippen LogP contribution in [0.1, 0.15) is 0 Å². The summed E-state index contributed by atoms with van der Waals surface area (Å²) in [5, 5.41) is 2.11. The van der Waals surface area contributed by atoms with E-state index in [-0.39, 0.29) is 17.0 Å². The maximum atomic E-state index is 5.28. The van der Waals surface area contributed by atoms with Gasteiger partial charge in [0.25, 0.3) is 0 Å². The van der Waals surface area contributed by atoms with Gasteiger partial charge in [0.1, 0.15) is 5.75 Å². The Morgan fingerprint density at radius 2 is 1.50 bits per heavy atom. The first-order valence-electron chi connectivity index (χ1n) is 8.60. The molecule has 0 saturated heterocycles. The zero-order valence-electron chi connectivity index (χ0n) is 15.2. The van der Waals surface area contributed by atoms with E-state index in [1.165, 1.54) is 0 Å². The van der Waals surface area contributed by atoms with Gasteiger partial charge < -0.3 is 21.7 Å². The lowest BCUT2D eigenvalue weighted by Gasteiger charge is -2.12. The van der Waals surface area contributed by atoms with Gasteiger partial charge in [-0.15, -0.1) is 11.3 Å². The molecule has 6 heteroatoms. The van der Waals surface area contributed by atoms with Crippen LogP contribution in [0.4, 0.5) is 11.4 Å². The molecule has 142 valence electrons. The van der Waals surface area contributed by atoms with Crippen LogP contribution in [0.15, 0.2) is 95.3 Å². The van der Waals surface area contributed by atoms with Gasteiger partial charge in [-0.1, -0.05) is 36.4 Å². The van der Waals surface area contributed by atoms with Gasteiger partial charge in [0.15, 0.2) is 0 Å². The lowest BCUT2D eigenvalue weighted by atomic mass is 10.2. The second-order valence-electron chi connectivity index (χ2n) is 5.89. The van der Waals surface area contributed by atoms with Crippen molar-refractivity contribution in [3.05, 3.63) is 95.1 Å². The third-order valence-corrected chi connectivity index (χ3v) is 4.92. The Kier molecular flexibility index (Phi) is 6.68. The Morgan fingerprint density at radius 1 is 0.857 bits per heavy atom. The molecule has 0 saturated carbocycles. The number of halogens is 1. The molecule has 0 aliphatic heterocycles. The van der Waals surface area contributed by atoms with Crippen molar-refractivity contribution in [1.82, 2.24) is 4.68 Å². The standard InChI is InChI=1S/C22H19N3OS.BrH/c1-26-20-14-12-17(13-15-20)21-16-27-22(23-18-8-4-2-5-9-18)25(21)24-19-10-6-3-7-11-19;/h2-16,24H,1H3;1H/p-1. The summed E-state index contributed by atoms with van der Waals surface area (Å²) >= 11 is 1.60. The van der Waals surface area contributed by atoms with Crippen LogP contribution in [0.3, 0.4) is 0 Å². The molecule has 1 aromatic heterocycles. The van der Waals surface area contributed by atoms with Crippen LogP contribution in [0.25, 0.3) is 11.3 Å². The molecule has 0 fully saturated rings. The number of hydrogen-bond donors (Lipinski definition) is 1. The summed E-state index contributed by atoms with van der Waals surface area (Å²) < 4.78 is 7.30. The summed E-state index contributed by atoms with van der Waals surface area (Å²) in [7, 11) is 1.67. The van der Waals surface area contributed by atoms with E-state index in [1.807, 2.05) is 77.5 Å². The van der Waals surface area contributed by atoms with Crippen LogP contribution < -0.4 is 31.9 Å². The van der Waals surface area contributed by atoms with Gasteiger partial charge in [0, 0.05) is 10.9 Å². The third kappa shape index (κ3) is 4.52. The van der Waals surface area contributed by atoms with Crippen LogP contribution in [0.2, 0.25) is 0 Å². The number of nitrogens with zero attached hydrogens (tertiary/aromatic N) is 2. The quantitative estimate of drug-likeness (QED) is 0.504. The largest absolute Gasteiger partial charge is 1.00 e. The molecule has 0 radical (unpaired) electrons. The zero-order chi connectivity index (χ0) is 18.5. The number of nitrogens with one attached hydrogen (secondary N) is 1. The van der Waals surface area contributed by atoms with E-state index in [9.17, 15) is 0 Å². The number of para-hydroxylation sites is 2. The zero-order valence-corrected chi connectivity index (χ0v) is 17.7. The SMILES string of the molecule is COc1ccc(-c2csc(=Nc3ccccc3)n2Nc2ccccc2)cc1.[Br-]. The van der Waals surface area contributed by atoms with Gasteiger partial charge >= 0.3 is 0 Å². The monoisotopic (exact) mass is 452 g/mol. The molecule has 0 aliphatic carbocycles. The molecule has 28 heavy (non-hydrogen) atoms. The fourth-order valence-corrected chi connectivity index (χ4v) is 3.58. The average Bonchev–Trinajstić information content (AvgIpc) is 3.12. The molecule has 4 aromatic rings. The molecular weight excluding hydrogens is 434 g/mol. The van der Waals surface area contributed by atoms with Crippen LogP contribution in [0.5, 0.6) is 5.75 Å². The Balaban J connectivity index is 0.00000225. The number of anilines is 1. The summed E-state index contributed by atoms with van der Waals surface area (Å²) in [6.45, 7) is 0. The van der Waals surface area contributed by atoms with E-state index in [1.54, 1.807) is 18.4 Å². The van der Waals surface area contributed by atoms with Gasteiger partial charge in [-0.05, 0) is 48.5 Å². The molecule has 3 aromatic carbocycles. The average molecular weight is 453 g/mol. The highest BCUT2D eigenvalue weighted by molar-refractivity contribution is 7.07. The smallest absolute Gasteiger partial charge is 0.209 e. The first kappa shape index (κ1) is 19.9. The lowest BCUT2D eigenvalue weighted by Crippen LogP contribution is -3.00. The van der Waals surface area contributed by atoms with Crippen LogP contribution >= 0.6 is 11.3 Å². The summed E-state index contributed by atoms with van der Waals surface area (Å²) in [6.07, 6.45) is 0. The molecule has 0 unspecified atom stereocenters. The Labute approximate surface area is 178 Å². The highest BCUT2D eigenvalue weighted by Gasteiger charge is 2.09. The molecule has 0 bridgehead atoms. The number of aromatic nitrogens is 1. The molecule has 4 nitrogen and oxygen atoms in total. The van der Waals surface area contributed by atoms with Crippen molar-refractivity contribution in [3.8, 4) is 17.0 Å². The van der Waals surface area contributed by atoms with Crippen molar-refractivity contribution in [2.45, 2.75) is 0 Å². The number of ether oxygens (including phenoxy) is 1. The number of rotatable bonds is 5. The number of benzene rings is 3. The van der Waals surface area contributed by atoms with Gasteiger partial charge in [0.05, 0.1) is 24.2 Å². The van der Waals surface area contributed by atoms with Crippen molar-refractivity contribution in [2.75, 3.05) is 12.5 Å². The van der Waals surface area contributed by atoms with Crippen LogP contribution in [-0.2, 0) is 0 Å². The van der Waals surface area contributed by atoms with Crippen LogP contribution in [-0.4, -0.2) is 11.8 Å². The minimum absolute atomic E-state index is 0. The van der Waals surface area contributed by atoms with Crippen molar-refractivity contribution in [2.24, 2.45) is 4.99 Å². The molecule has 1 N–H and O–H groups in total. The molecule has 4 rings (SSSR count). The van der Waals surface area contributed by atoms with E-state index < -0.39 is 0 Å². The van der Waals surface area contributed by atoms with E-state index in [0.717, 1.165) is 33.2 Å². The minimum Gasteiger partial charge on any atom is -1.00 e. The number of hydrogen-bond acceptors (Lipinski definition) is 4. The molecule has 0 amide bonds. The lowest BCUT2D eigenvalue weighted by molar-refractivity contribution is -0.00000559. The minimum atomic E-state index is 0. The molecule has 0 spiro atoms. The highest BCUT2D eigenvalue weighted by Crippen LogP contribution is 2.24. The molecule has 0 aliphatic rings. The van der Waals surface area contributed by atoms with E-state index in [4.69, 9.17) is 9.73 Å². The second-order valence-corrected chi connectivity index (χ2v) is 6.73. The van der Waals surface area contributed by atoms with E-state index in [2.05, 4.69) is 22.9 Å². The molecule has 1 heterocycles. The maximum Gasteiger partial charge on any atom is 0.209 e. The number of methoxy groups -OCH3 is 1. The Morgan fingerprint density at radius 3 is 2.14 bits per heavy atom.